The summed E-state index contributed by atoms with van der Waals surface area (Å²) in [5.74, 6) is -0.163. The van der Waals surface area contributed by atoms with E-state index in [-0.39, 0.29) is 31.1 Å². The van der Waals surface area contributed by atoms with Gasteiger partial charge in [0.1, 0.15) is 0 Å². The molecule has 0 fully saturated rings. The molecule has 0 saturated heterocycles. The van der Waals surface area contributed by atoms with Crippen LogP contribution in [-0.4, -0.2) is 51.3 Å². The second-order valence-corrected chi connectivity index (χ2v) is 9.81. The number of hydrogen-bond donors (Lipinski definition) is 3. The molecule has 7 heteroatoms. The van der Waals surface area contributed by atoms with E-state index in [4.69, 9.17) is 5.11 Å². The first-order valence-electron chi connectivity index (χ1n) is 12.1. The average Bonchev–Trinajstić information content (AvgIpc) is 2.85. The van der Waals surface area contributed by atoms with Gasteiger partial charge < -0.3 is 20.2 Å². The molecule has 182 valence electrons. The second kappa shape index (κ2) is 9.07. The van der Waals surface area contributed by atoms with Gasteiger partial charge in [0, 0.05) is 46.3 Å². The fraction of sp³-hybridized carbons (Fsp3) is 0.357. The van der Waals surface area contributed by atoms with Gasteiger partial charge in [0.15, 0.2) is 6.23 Å². The van der Waals surface area contributed by atoms with Crippen molar-refractivity contribution in [2.24, 2.45) is 5.92 Å². The Morgan fingerprint density at radius 2 is 1.60 bits per heavy atom. The van der Waals surface area contributed by atoms with Gasteiger partial charge in [-0.2, -0.15) is 0 Å². The van der Waals surface area contributed by atoms with Gasteiger partial charge in [0.2, 0.25) is 0 Å². The molecule has 0 radical (unpaired) electrons. The van der Waals surface area contributed by atoms with Gasteiger partial charge in [-0.3, -0.25) is 14.5 Å². The lowest BCUT2D eigenvalue weighted by Gasteiger charge is -2.38. The highest BCUT2D eigenvalue weighted by atomic mass is 16.3. The molecular formula is C28H30N2O5. The summed E-state index contributed by atoms with van der Waals surface area (Å²) in [5, 5.41) is 31.8. The predicted octanol–water partition coefficient (Wildman–Crippen LogP) is 3.39. The van der Waals surface area contributed by atoms with Crippen molar-refractivity contribution in [3.63, 3.8) is 0 Å². The van der Waals surface area contributed by atoms with Crippen LogP contribution in [-0.2, 0) is 13.0 Å². The standard InChI is InChI=1S/C28H30N2O5/c1-16(2)13-20(15-32)29-14-18-5-8-22-25-23(10-9-21(24(18)25)26(29)33)28(35)30(27(22)34)19-6-3-17(4-7-19)11-12-31/h3-10,16,20,27,31-32,34H,11-15H2,1-2H3. The van der Waals surface area contributed by atoms with Crippen LogP contribution in [0.4, 0.5) is 5.69 Å². The molecule has 2 heterocycles. The summed E-state index contributed by atoms with van der Waals surface area (Å²) in [6.45, 7) is 4.41. The first kappa shape index (κ1) is 23.5. The van der Waals surface area contributed by atoms with E-state index >= 15 is 0 Å². The Hall–Kier alpha value is -3.26. The van der Waals surface area contributed by atoms with Crippen molar-refractivity contribution >= 4 is 28.3 Å². The van der Waals surface area contributed by atoms with Crippen molar-refractivity contribution in [2.45, 2.75) is 45.5 Å². The van der Waals surface area contributed by atoms with Gasteiger partial charge in [-0.15, -0.1) is 0 Å². The van der Waals surface area contributed by atoms with Gasteiger partial charge >= 0.3 is 0 Å². The maximum Gasteiger partial charge on any atom is 0.261 e. The minimum atomic E-state index is -1.19. The van der Waals surface area contributed by atoms with E-state index in [0.717, 1.165) is 11.1 Å². The maximum absolute atomic E-state index is 13.6. The number of anilines is 1. The van der Waals surface area contributed by atoms with Gasteiger partial charge in [-0.1, -0.05) is 38.1 Å². The summed E-state index contributed by atoms with van der Waals surface area (Å²) in [4.78, 5) is 30.1. The third kappa shape index (κ3) is 3.80. The Labute approximate surface area is 204 Å². The lowest BCUT2D eigenvalue weighted by molar-refractivity contribution is 0.0525. The Balaban J connectivity index is 1.58. The van der Waals surface area contributed by atoms with Crippen LogP contribution in [0, 0.1) is 5.92 Å². The SMILES string of the molecule is CC(C)CC(CO)N1Cc2ccc3c4c(ccc(c24)C1=O)C(=O)N(c1ccc(CCO)cc1)C3O. The number of hydrogen-bond acceptors (Lipinski definition) is 5. The highest BCUT2D eigenvalue weighted by Crippen LogP contribution is 2.43. The van der Waals surface area contributed by atoms with Crippen LogP contribution in [0.2, 0.25) is 0 Å². The van der Waals surface area contributed by atoms with Crippen LogP contribution in [0.3, 0.4) is 0 Å². The molecule has 0 bridgehead atoms. The summed E-state index contributed by atoms with van der Waals surface area (Å²) in [6, 6.07) is 14.0. The summed E-state index contributed by atoms with van der Waals surface area (Å²) in [6.07, 6.45) is 0.0199. The lowest BCUT2D eigenvalue weighted by atomic mass is 9.85. The second-order valence-electron chi connectivity index (χ2n) is 9.81. The molecule has 35 heavy (non-hydrogen) atoms. The summed E-state index contributed by atoms with van der Waals surface area (Å²) >= 11 is 0. The largest absolute Gasteiger partial charge is 0.396 e. The molecule has 7 nitrogen and oxygen atoms in total. The highest BCUT2D eigenvalue weighted by molar-refractivity contribution is 6.22. The molecule has 2 atom stereocenters. The molecule has 0 saturated carbocycles. The number of amides is 2. The molecule has 5 rings (SSSR count). The average molecular weight is 475 g/mol. The fourth-order valence-corrected chi connectivity index (χ4v) is 5.44. The van der Waals surface area contributed by atoms with Crippen molar-refractivity contribution in [2.75, 3.05) is 18.1 Å². The Kier molecular flexibility index (Phi) is 6.09. The zero-order chi connectivity index (χ0) is 24.9. The van der Waals surface area contributed by atoms with E-state index in [1.165, 1.54) is 4.90 Å². The van der Waals surface area contributed by atoms with Crippen molar-refractivity contribution < 1.29 is 24.9 Å². The van der Waals surface area contributed by atoms with E-state index in [2.05, 4.69) is 13.8 Å². The number of aliphatic hydroxyl groups excluding tert-OH is 3. The minimum Gasteiger partial charge on any atom is -0.396 e. The Morgan fingerprint density at radius 1 is 0.914 bits per heavy atom. The van der Waals surface area contributed by atoms with Gasteiger partial charge in [-0.25, -0.2) is 0 Å². The molecule has 2 aliphatic heterocycles. The normalized spacial score (nSPS) is 18.1. The van der Waals surface area contributed by atoms with Crippen LogP contribution >= 0.6 is 0 Å². The molecule has 0 aromatic heterocycles. The van der Waals surface area contributed by atoms with E-state index in [9.17, 15) is 19.8 Å². The number of benzene rings is 3. The van der Waals surface area contributed by atoms with Crippen LogP contribution in [0.5, 0.6) is 0 Å². The van der Waals surface area contributed by atoms with E-state index in [1.54, 1.807) is 29.2 Å². The topological polar surface area (TPSA) is 101 Å². The van der Waals surface area contributed by atoms with Crippen LogP contribution in [0.1, 0.15) is 63.9 Å². The Bertz CT molecular complexity index is 1300. The highest BCUT2D eigenvalue weighted by Gasteiger charge is 2.38. The van der Waals surface area contributed by atoms with E-state index < -0.39 is 6.23 Å². The molecule has 2 aliphatic rings. The van der Waals surface area contributed by atoms with Crippen molar-refractivity contribution in [3.8, 4) is 0 Å². The quantitative estimate of drug-likeness (QED) is 0.487. The molecule has 2 unspecified atom stereocenters. The van der Waals surface area contributed by atoms with Gasteiger partial charge in [0.05, 0.1) is 12.6 Å². The first-order valence-corrected chi connectivity index (χ1v) is 12.1. The number of carbonyl (C=O) groups is 2. The summed E-state index contributed by atoms with van der Waals surface area (Å²) < 4.78 is 0. The monoisotopic (exact) mass is 474 g/mol. The van der Waals surface area contributed by atoms with Gasteiger partial charge in [0.25, 0.3) is 11.8 Å². The summed E-state index contributed by atoms with van der Waals surface area (Å²) in [7, 11) is 0. The number of nitrogens with zero attached hydrogens (tertiary/aromatic N) is 2. The Morgan fingerprint density at radius 3 is 2.23 bits per heavy atom. The van der Waals surface area contributed by atoms with Crippen molar-refractivity contribution in [3.05, 3.63) is 76.3 Å². The minimum absolute atomic E-state index is 0.0390. The van der Waals surface area contributed by atoms with Crippen molar-refractivity contribution in [1.29, 1.82) is 0 Å². The number of aliphatic hydroxyl groups is 3. The molecule has 0 spiro atoms. The van der Waals surface area contributed by atoms with Crippen LogP contribution in [0.25, 0.3) is 10.8 Å². The number of rotatable bonds is 7. The van der Waals surface area contributed by atoms with Crippen LogP contribution < -0.4 is 4.90 Å². The third-order valence-electron chi connectivity index (χ3n) is 7.09. The van der Waals surface area contributed by atoms with Crippen molar-refractivity contribution in [1.82, 2.24) is 4.90 Å². The van der Waals surface area contributed by atoms with Gasteiger partial charge in [-0.05, 0) is 54.2 Å². The zero-order valence-electron chi connectivity index (χ0n) is 19.9. The van der Waals surface area contributed by atoms with Crippen LogP contribution in [0.15, 0.2) is 48.5 Å². The smallest absolute Gasteiger partial charge is 0.261 e. The molecule has 2 amide bonds. The van der Waals surface area contributed by atoms with E-state index in [0.29, 0.717) is 58.5 Å². The maximum atomic E-state index is 13.6. The molecular weight excluding hydrogens is 444 g/mol. The third-order valence-corrected chi connectivity index (χ3v) is 7.09. The predicted molar refractivity (Wildman–Crippen MR) is 133 cm³/mol. The lowest BCUT2D eigenvalue weighted by Crippen LogP contribution is -2.45. The zero-order valence-corrected chi connectivity index (χ0v) is 19.9. The number of carbonyl (C=O) groups excluding carboxylic acids is 2. The molecule has 0 aliphatic carbocycles. The fourth-order valence-electron chi connectivity index (χ4n) is 5.44. The van der Waals surface area contributed by atoms with E-state index in [1.807, 2.05) is 24.3 Å². The molecule has 3 aromatic rings. The summed E-state index contributed by atoms with van der Waals surface area (Å²) in [5.41, 5.74) is 3.94. The molecule has 3 aromatic carbocycles. The first-order chi connectivity index (χ1) is 16.8. The molecule has 3 N–H and O–H groups in total.